The first kappa shape index (κ1) is 14.3. The van der Waals surface area contributed by atoms with E-state index < -0.39 is 11.4 Å². The fraction of sp³-hybridized carbons (Fsp3) is 0.167. The second kappa shape index (κ2) is 6.02. The second-order valence-electron chi connectivity index (χ2n) is 4.99. The predicted octanol–water partition coefficient (Wildman–Crippen LogP) is 4.07. The number of rotatable bonds is 4. The molecule has 0 N–H and O–H groups in total. The van der Waals surface area contributed by atoms with Gasteiger partial charge in [0, 0.05) is 17.0 Å². The van der Waals surface area contributed by atoms with E-state index in [1.165, 1.54) is 12.1 Å². The van der Waals surface area contributed by atoms with Crippen LogP contribution in [0.3, 0.4) is 0 Å². The highest BCUT2D eigenvalue weighted by Crippen LogP contribution is 2.22. The van der Waals surface area contributed by atoms with Gasteiger partial charge < -0.3 is 9.15 Å². The smallest absolute Gasteiger partial charge is 0.336 e. The Hall–Kier alpha value is -2.62. The van der Waals surface area contributed by atoms with Gasteiger partial charge in [0.2, 0.25) is 0 Å². The van der Waals surface area contributed by atoms with E-state index in [2.05, 4.69) is 0 Å². The summed E-state index contributed by atoms with van der Waals surface area (Å²) in [5.74, 6) is -0.267. The third-order valence-electron chi connectivity index (χ3n) is 3.52. The molecule has 0 radical (unpaired) electrons. The summed E-state index contributed by atoms with van der Waals surface area (Å²) in [6.45, 7) is 2.14. The van der Waals surface area contributed by atoms with Crippen LogP contribution in [0.5, 0.6) is 5.75 Å². The van der Waals surface area contributed by atoms with Crippen molar-refractivity contribution in [3.05, 3.63) is 75.9 Å². The van der Waals surface area contributed by atoms with Crippen LogP contribution in [-0.4, -0.2) is 0 Å². The van der Waals surface area contributed by atoms with Crippen LogP contribution in [0.25, 0.3) is 11.0 Å². The first-order chi connectivity index (χ1) is 10.7. The lowest BCUT2D eigenvalue weighted by Crippen LogP contribution is -2.05. The quantitative estimate of drug-likeness (QED) is 0.681. The molecule has 1 aromatic heterocycles. The first-order valence-electron chi connectivity index (χ1n) is 7.10. The molecule has 3 rings (SSSR count). The van der Waals surface area contributed by atoms with E-state index in [1.807, 2.05) is 25.1 Å². The van der Waals surface area contributed by atoms with Gasteiger partial charge in [0.05, 0.1) is 0 Å². The molecule has 0 aliphatic carbocycles. The zero-order valence-corrected chi connectivity index (χ0v) is 12.1. The van der Waals surface area contributed by atoms with Crippen LogP contribution in [0.4, 0.5) is 4.39 Å². The van der Waals surface area contributed by atoms with Gasteiger partial charge in [0.25, 0.3) is 0 Å². The third kappa shape index (κ3) is 2.86. The molecule has 0 saturated carbocycles. The van der Waals surface area contributed by atoms with Crippen LogP contribution in [0.1, 0.15) is 18.1 Å². The van der Waals surface area contributed by atoms with Crippen LogP contribution in [0.15, 0.2) is 57.7 Å². The molecule has 3 nitrogen and oxygen atoms in total. The minimum Gasteiger partial charge on any atom is -0.486 e. The number of ether oxygens (including phenoxy) is 1. The monoisotopic (exact) mass is 298 g/mol. The predicted molar refractivity (Wildman–Crippen MR) is 82.6 cm³/mol. The summed E-state index contributed by atoms with van der Waals surface area (Å²) in [4.78, 5) is 11.7. The van der Waals surface area contributed by atoms with Crippen molar-refractivity contribution in [3.8, 4) is 5.75 Å². The van der Waals surface area contributed by atoms with Crippen LogP contribution < -0.4 is 10.4 Å². The van der Waals surface area contributed by atoms with Crippen molar-refractivity contribution in [1.82, 2.24) is 0 Å². The zero-order chi connectivity index (χ0) is 15.5. The second-order valence-corrected chi connectivity index (χ2v) is 4.99. The summed E-state index contributed by atoms with van der Waals surface area (Å²) in [6.07, 6.45) is 0.857. The minimum absolute atomic E-state index is 0.106. The van der Waals surface area contributed by atoms with Gasteiger partial charge in [-0.2, -0.15) is 0 Å². The van der Waals surface area contributed by atoms with E-state index in [9.17, 15) is 9.18 Å². The number of hydrogen-bond donors (Lipinski definition) is 0. The molecule has 2 aromatic carbocycles. The molecule has 0 atom stereocenters. The Balaban J connectivity index is 1.96. The summed E-state index contributed by atoms with van der Waals surface area (Å²) in [7, 11) is 0. The molecule has 3 aromatic rings. The topological polar surface area (TPSA) is 39.4 Å². The largest absolute Gasteiger partial charge is 0.486 e. The van der Waals surface area contributed by atoms with Gasteiger partial charge in [0.15, 0.2) is 11.6 Å². The maximum atomic E-state index is 13.6. The van der Waals surface area contributed by atoms with Gasteiger partial charge in [0.1, 0.15) is 12.2 Å². The average Bonchev–Trinajstić information content (AvgIpc) is 2.53. The molecule has 0 aliphatic heterocycles. The van der Waals surface area contributed by atoms with Crippen molar-refractivity contribution < 1.29 is 13.5 Å². The number of fused-ring (bicyclic) bond motifs is 1. The molecule has 0 amide bonds. The Bertz CT molecular complexity index is 868. The van der Waals surface area contributed by atoms with E-state index in [4.69, 9.17) is 9.15 Å². The molecule has 1 heterocycles. The lowest BCUT2D eigenvalue weighted by Gasteiger charge is -2.09. The van der Waals surface area contributed by atoms with E-state index in [0.717, 1.165) is 17.4 Å². The lowest BCUT2D eigenvalue weighted by molar-refractivity contribution is 0.291. The number of para-hydroxylation sites is 1. The molecule has 4 heteroatoms. The van der Waals surface area contributed by atoms with Gasteiger partial charge in [-0.1, -0.05) is 31.2 Å². The van der Waals surface area contributed by atoms with E-state index in [1.54, 1.807) is 18.2 Å². The van der Waals surface area contributed by atoms with Gasteiger partial charge in [-0.3, -0.25) is 0 Å². The fourth-order valence-electron chi connectivity index (χ4n) is 2.33. The Kier molecular flexibility index (Phi) is 3.92. The summed E-state index contributed by atoms with van der Waals surface area (Å²) in [5, 5.41) is 0.799. The normalized spacial score (nSPS) is 10.8. The minimum atomic E-state index is -0.437. The molecule has 22 heavy (non-hydrogen) atoms. The standard InChI is InChI=1S/C18H15FO3/c1-2-12-7-8-14-13(10-18(20)22-17(14)9-12)11-21-16-6-4-3-5-15(16)19/h3-10H,2,11H2,1H3. The molecule has 112 valence electrons. The SMILES string of the molecule is CCc1ccc2c(COc3ccccc3F)cc(=O)oc2c1. The average molecular weight is 298 g/mol. The Labute approximate surface area is 127 Å². The highest BCUT2D eigenvalue weighted by atomic mass is 19.1. The summed E-state index contributed by atoms with van der Waals surface area (Å²) < 4.78 is 24.3. The van der Waals surface area contributed by atoms with Crippen molar-refractivity contribution in [2.75, 3.05) is 0 Å². The van der Waals surface area contributed by atoms with E-state index >= 15 is 0 Å². The maximum absolute atomic E-state index is 13.6. The molecular weight excluding hydrogens is 283 g/mol. The molecule has 0 spiro atoms. The fourth-order valence-corrected chi connectivity index (χ4v) is 2.33. The van der Waals surface area contributed by atoms with Crippen LogP contribution in [-0.2, 0) is 13.0 Å². The molecule has 0 saturated heterocycles. The van der Waals surface area contributed by atoms with Gasteiger partial charge in [-0.15, -0.1) is 0 Å². The lowest BCUT2D eigenvalue weighted by atomic mass is 10.1. The van der Waals surface area contributed by atoms with Crippen molar-refractivity contribution in [1.29, 1.82) is 0 Å². The number of halogens is 1. The molecule has 0 fully saturated rings. The van der Waals surface area contributed by atoms with Crippen molar-refractivity contribution >= 4 is 11.0 Å². The number of hydrogen-bond acceptors (Lipinski definition) is 3. The van der Waals surface area contributed by atoms with E-state index in [0.29, 0.717) is 11.1 Å². The van der Waals surface area contributed by atoms with Crippen LogP contribution >= 0.6 is 0 Å². The Morgan fingerprint density at radius 1 is 1.14 bits per heavy atom. The number of aryl methyl sites for hydroxylation is 1. The van der Waals surface area contributed by atoms with Crippen LogP contribution in [0.2, 0.25) is 0 Å². The highest BCUT2D eigenvalue weighted by molar-refractivity contribution is 5.80. The van der Waals surface area contributed by atoms with Crippen molar-refractivity contribution in [3.63, 3.8) is 0 Å². The molecule has 0 bridgehead atoms. The maximum Gasteiger partial charge on any atom is 0.336 e. The summed E-state index contributed by atoms with van der Waals surface area (Å²) >= 11 is 0. The number of benzene rings is 2. The molecule has 0 unspecified atom stereocenters. The summed E-state index contributed by atoms with van der Waals surface area (Å²) in [5.41, 5.74) is 1.85. The Morgan fingerprint density at radius 2 is 1.95 bits per heavy atom. The summed E-state index contributed by atoms with van der Waals surface area (Å²) in [6, 6.07) is 13.3. The molecular formula is C18H15FO3. The highest BCUT2D eigenvalue weighted by Gasteiger charge is 2.08. The van der Waals surface area contributed by atoms with Gasteiger partial charge in [-0.05, 0) is 30.2 Å². The third-order valence-corrected chi connectivity index (χ3v) is 3.52. The zero-order valence-electron chi connectivity index (χ0n) is 12.1. The van der Waals surface area contributed by atoms with E-state index in [-0.39, 0.29) is 12.4 Å². The Morgan fingerprint density at radius 3 is 2.73 bits per heavy atom. The van der Waals surface area contributed by atoms with Gasteiger partial charge in [-0.25, -0.2) is 9.18 Å². The van der Waals surface area contributed by atoms with Gasteiger partial charge >= 0.3 is 5.63 Å². The van der Waals surface area contributed by atoms with Crippen molar-refractivity contribution in [2.45, 2.75) is 20.0 Å². The van der Waals surface area contributed by atoms with Crippen LogP contribution in [0, 0.1) is 5.82 Å². The first-order valence-corrected chi connectivity index (χ1v) is 7.10. The van der Waals surface area contributed by atoms with Crippen molar-refractivity contribution in [2.24, 2.45) is 0 Å². The molecule has 0 aliphatic rings.